The minimum atomic E-state index is -0.836. The molecule has 0 atom stereocenters. The van der Waals surface area contributed by atoms with E-state index in [4.69, 9.17) is 5.11 Å². The van der Waals surface area contributed by atoms with Gasteiger partial charge in [0.2, 0.25) is 0 Å². The first-order chi connectivity index (χ1) is 11.1. The van der Waals surface area contributed by atoms with E-state index in [2.05, 4.69) is 19.8 Å². The van der Waals surface area contributed by atoms with Gasteiger partial charge in [-0.2, -0.15) is 0 Å². The van der Waals surface area contributed by atoms with Gasteiger partial charge in [0.05, 0.1) is 19.0 Å². The van der Waals surface area contributed by atoms with Gasteiger partial charge >= 0.3 is 11.9 Å². The molecule has 0 radical (unpaired) electrons. The number of nitrogens with zero attached hydrogens (tertiary/aromatic N) is 4. The van der Waals surface area contributed by atoms with Crippen molar-refractivity contribution in [1.82, 2.24) is 15.1 Å². The Bertz CT molecular complexity index is 611. The molecule has 2 aromatic rings. The van der Waals surface area contributed by atoms with Gasteiger partial charge in [0, 0.05) is 30.4 Å². The van der Waals surface area contributed by atoms with Gasteiger partial charge < -0.3 is 9.84 Å². The van der Waals surface area contributed by atoms with Gasteiger partial charge in [-0.3, -0.25) is 19.6 Å². The third kappa shape index (κ3) is 7.07. The van der Waals surface area contributed by atoms with E-state index in [1.807, 2.05) is 6.07 Å². The standard InChI is InChI=1S/C11H10N4O2.C4H8O2/c16-11(17)2-6-15-5-1-9(7-14-15)10-8-12-3-4-13-10;1-3-4(5)6-2/h1,3-5,7-8H,2,6H2;3H2,1-2H3/p+1. The molecular weight excluding hydrogens is 300 g/mol. The Balaban J connectivity index is 0.000000379. The number of rotatable bonds is 5. The zero-order chi connectivity index (χ0) is 17.1. The molecule has 0 fully saturated rings. The molecule has 122 valence electrons. The Hall–Kier alpha value is -2.90. The third-order valence-electron chi connectivity index (χ3n) is 2.70. The highest BCUT2D eigenvalue weighted by Gasteiger charge is 2.07. The number of carboxylic acid groups (broad SMARTS) is 1. The van der Waals surface area contributed by atoms with Crippen LogP contribution in [0.4, 0.5) is 0 Å². The number of carboxylic acids is 1. The number of hydrogen-bond acceptors (Lipinski definition) is 6. The zero-order valence-corrected chi connectivity index (χ0v) is 13.0. The van der Waals surface area contributed by atoms with Crippen LogP contribution in [0.25, 0.3) is 11.3 Å². The predicted octanol–water partition coefficient (Wildman–Crippen LogP) is 0.870. The van der Waals surface area contributed by atoms with Gasteiger partial charge in [-0.25, -0.2) is 0 Å². The van der Waals surface area contributed by atoms with Crippen LogP contribution < -0.4 is 4.68 Å². The Labute approximate surface area is 133 Å². The van der Waals surface area contributed by atoms with Crippen molar-refractivity contribution in [1.29, 1.82) is 0 Å². The van der Waals surface area contributed by atoms with Crippen LogP contribution in [0, 0.1) is 0 Å². The molecule has 8 nitrogen and oxygen atoms in total. The summed E-state index contributed by atoms with van der Waals surface area (Å²) in [4.78, 5) is 28.5. The normalized spacial score (nSPS) is 9.48. The Morgan fingerprint density at radius 2 is 2.09 bits per heavy atom. The highest BCUT2D eigenvalue weighted by Crippen LogP contribution is 2.11. The second kappa shape index (κ2) is 9.93. The Morgan fingerprint density at radius 1 is 1.30 bits per heavy atom. The summed E-state index contributed by atoms with van der Waals surface area (Å²) in [5, 5.41) is 12.7. The van der Waals surface area contributed by atoms with E-state index in [-0.39, 0.29) is 12.4 Å². The molecule has 0 bridgehead atoms. The Kier molecular flexibility index (Phi) is 7.84. The first kappa shape index (κ1) is 18.1. The Morgan fingerprint density at radius 3 is 2.52 bits per heavy atom. The van der Waals surface area contributed by atoms with Gasteiger partial charge in [0.1, 0.15) is 12.6 Å². The molecule has 0 aliphatic heterocycles. The minimum absolute atomic E-state index is 0.0577. The van der Waals surface area contributed by atoms with Crippen molar-refractivity contribution in [3.05, 3.63) is 37.1 Å². The van der Waals surface area contributed by atoms with Crippen LogP contribution >= 0.6 is 0 Å². The van der Waals surface area contributed by atoms with Crippen molar-refractivity contribution in [3.63, 3.8) is 0 Å². The number of aryl methyl sites for hydroxylation is 1. The molecule has 1 N–H and O–H groups in total. The summed E-state index contributed by atoms with van der Waals surface area (Å²) in [7, 11) is 1.38. The van der Waals surface area contributed by atoms with Crippen LogP contribution in [-0.4, -0.2) is 39.2 Å². The molecule has 2 heterocycles. The van der Waals surface area contributed by atoms with Crippen molar-refractivity contribution in [2.24, 2.45) is 0 Å². The lowest BCUT2D eigenvalue weighted by molar-refractivity contribution is -0.752. The minimum Gasteiger partial charge on any atom is -0.481 e. The quantitative estimate of drug-likeness (QED) is 0.643. The van der Waals surface area contributed by atoms with E-state index in [1.165, 1.54) is 7.11 Å². The fourth-order valence-corrected chi connectivity index (χ4v) is 1.47. The van der Waals surface area contributed by atoms with Gasteiger partial charge in [-0.05, 0) is 5.10 Å². The summed E-state index contributed by atoms with van der Waals surface area (Å²) in [6.07, 6.45) is 8.77. The van der Waals surface area contributed by atoms with E-state index in [9.17, 15) is 9.59 Å². The third-order valence-corrected chi connectivity index (χ3v) is 2.70. The van der Waals surface area contributed by atoms with Crippen molar-refractivity contribution >= 4 is 11.9 Å². The zero-order valence-electron chi connectivity index (χ0n) is 13.0. The van der Waals surface area contributed by atoms with E-state index in [0.717, 1.165) is 11.3 Å². The second-order valence-electron chi connectivity index (χ2n) is 4.34. The number of ether oxygens (including phenoxy) is 1. The highest BCUT2D eigenvalue weighted by atomic mass is 16.5. The van der Waals surface area contributed by atoms with Crippen LogP contribution in [0.1, 0.15) is 19.8 Å². The molecule has 0 aromatic carbocycles. The lowest BCUT2D eigenvalue weighted by Crippen LogP contribution is -2.38. The number of hydrogen-bond donors (Lipinski definition) is 1. The monoisotopic (exact) mass is 319 g/mol. The summed E-state index contributed by atoms with van der Waals surface area (Å²) in [6, 6.07) is 1.83. The van der Waals surface area contributed by atoms with E-state index in [1.54, 1.807) is 42.6 Å². The molecule has 8 heteroatoms. The van der Waals surface area contributed by atoms with Crippen molar-refractivity contribution in [2.75, 3.05) is 7.11 Å². The predicted molar refractivity (Wildman–Crippen MR) is 80.0 cm³/mol. The van der Waals surface area contributed by atoms with Crippen molar-refractivity contribution in [3.8, 4) is 11.3 Å². The lowest BCUT2D eigenvalue weighted by Gasteiger charge is -1.97. The SMILES string of the molecule is CCC(=O)OC.O=C(O)CC[n+]1ccc(-c2cnccn2)cn1. The fraction of sp³-hybridized carbons (Fsp3) is 0.333. The lowest BCUT2D eigenvalue weighted by atomic mass is 10.2. The van der Waals surface area contributed by atoms with Crippen LogP contribution in [-0.2, 0) is 20.9 Å². The molecule has 2 rings (SSSR count). The smallest absolute Gasteiger partial charge is 0.309 e. The molecule has 2 aromatic heterocycles. The summed E-state index contributed by atoms with van der Waals surface area (Å²) in [5.41, 5.74) is 1.59. The van der Waals surface area contributed by atoms with Crippen LogP contribution in [0.5, 0.6) is 0 Å². The molecule has 0 unspecified atom stereocenters. The average molecular weight is 319 g/mol. The van der Waals surface area contributed by atoms with E-state index >= 15 is 0 Å². The van der Waals surface area contributed by atoms with Crippen LogP contribution in [0.2, 0.25) is 0 Å². The van der Waals surface area contributed by atoms with Crippen LogP contribution in [0.15, 0.2) is 37.1 Å². The molecule has 0 amide bonds. The summed E-state index contributed by atoms with van der Waals surface area (Å²) in [6.45, 7) is 2.11. The molecule has 23 heavy (non-hydrogen) atoms. The number of carbonyl (C=O) groups is 2. The van der Waals surface area contributed by atoms with Gasteiger partial charge in [-0.15, -0.1) is 0 Å². The van der Waals surface area contributed by atoms with Gasteiger partial charge in [-0.1, -0.05) is 11.6 Å². The topological polar surface area (TPSA) is 106 Å². The number of carbonyl (C=O) groups excluding carboxylic acids is 1. The second-order valence-corrected chi connectivity index (χ2v) is 4.34. The molecular formula is C15H19N4O4+. The fourth-order valence-electron chi connectivity index (χ4n) is 1.47. The maximum Gasteiger partial charge on any atom is 0.309 e. The van der Waals surface area contributed by atoms with Crippen LogP contribution in [0.3, 0.4) is 0 Å². The number of aliphatic carboxylic acids is 1. The number of esters is 1. The van der Waals surface area contributed by atoms with E-state index < -0.39 is 5.97 Å². The molecule has 0 saturated carbocycles. The first-order valence-electron chi connectivity index (χ1n) is 6.97. The number of methoxy groups -OCH3 is 1. The number of aromatic nitrogens is 4. The van der Waals surface area contributed by atoms with Gasteiger partial charge in [0.25, 0.3) is 0 Å². The maximum absolute atomic E-state index is 10.4. The largest absolute Gasteiger partial charge is 0.481 e. The van der Waals surface area contributed by atoms with Crippen molar-refractivity contribution < 1.29 is 24.1 Å². The van der Waals surface area contributed by atoms with Crippen molar-refractivity contribution in [2.45, 2.75) is 26.3 Å². The summed E-state index contributed by atoms with van der Waals surface area (Å²) in [5.74, 6) is -0.993. The highest BCUT2D eigenvalue weighted by molar-refractivity contribution is 5.68. The summed E-state index contributed by atoms with van der Waals surface area (Å²) >= 11 is 0. The summed E-state index contributed by atoms with van der Waals surface area (Å²) < 4.78 is 5.84. The van der Waals surface area contributed by atoms with Gasteiger partial charge in [0.15, 0.2) is 12.7 Å². The molecule has 0 aliphatic rings. The molecule has 0 aliphatic carbocycles. The molecule has 0 saturated heterocycles. The van der Waals surface area contributed by atoms with E-state index in [0.29, 0.717) is 13.0 Å². The average Bonchev–Trinajstić information content (AvgIpc) is 2.61. The maximum atomic E-state index is 10.4. The molecule has 0 spiro atoms. The first-order valence-corrected chi connectivity index (χ1v) is 6.97.